The Hall–Kier alpha value is -0.630. The van der Waals surface area contributed by atoms with Gasteiger partial charge in [-0.1, -0.05) is 5.16 Å². The number of rotatable bonds is 6. The molecule has 2 N–H and O–H groups in total. The summed E-state index contributed by atoms with van der Waals surface area (Å²) in [5.41, 5.74) is 0.675. The highest BCUT2D eigenvalue weighted by Crippen LogP contribution is 2.06. The molecule has 0 amide bonds. The average molecular weight is 284 g/mol. The Morgan fingerprint density at radius 2 is 2.18 bits per heavy atom. The van der Waals surface area contributed by atoms with Crippen LogP contribution in [-0.2, 0) is 15.8 Å². The molecule has 0 saturated heterocycles. The van der Waals surface area contributed by atoms with E-state index >= 15 is 0 Å². The molecule has 1 atom stereocenters. The monoisotopic (exact) mass is 283 g/mol. The zero-order chi connectivity index (χ0) is 12.2. The summed E-state index contributed by atoms with van der Waals surface area (Å²) in [6.07, 6.45) is 0. The molecule has 0 fully saturated rings. The van der Waals surface area contributed by atoms with Crippen molar-refractivity contribution in [1.82, 2.24) is 15.2 Å². The second kappa shape index (κ2) is 6.95. The molecule has 0 aliphatic rings. The van der Waals surface area contributed by atoms with Crippen molar-refractivity contribution in [3.8, 4) is 0 Å². The Morgan fingerprint density at radius 3 is 2.65 bits per heavy atom. The standard InChI is InChI=1S/C9H17N3O3S.ClH/c1-7-4-9(15-12-7)6-16(13,14)11-5-8(2)10-3;/h4,8,10-11H,5-6H2,1-3H3;1H. The number of nitrogens with one attached hydrogen (secondary N) is 2. The lowest BCUT2D eigenvalue weighted by atomic mass is 10.4. The second-order valence-corrected chi connectivity index (χ2v) is 5.54. The zero-order valence-electron chi connectivity index (χ0n) is 10.1. The highest BCUT2D eigenvalue weighted by molar-refractivity contribution is 7.88. The van der Waals surface area contributed by atoms with Crippen LogP contribution < -0.4 is 10.0 Å². The van der Waals surface area contributed by atoms with E-state index in [1.807, 2.05) is 6.92 Å². The summed E-state index contributed by atoms with van der Waals surface area (Å²) in [5, 5.41) is 6.58. The lowest BCUT2D eigenvalue weighted by molar-refractivity contribution is 0.388. The first kappa shape index (κ1) is 16.4. The second-order valence-electron chi connectivity index (χ2n) is 3.73. The van der Waals surface area contributed by atoms with Gasteiger partial charge in [-0.2, -0.15) is 0 Å². The van der Waals surface area contributed by atoms with Gasteiger partial charge in [-0.05, 0) is 20.9 Å². The van der Waals surface area contributed by atoms with Crippen LogP contribution in [0.4, 0.5) is 0 Å². The minimum Gasteiger partial charge on any atom is -0.360 e. The number of nitrogens with zero attached hydrogens (tertiary/aromatic N) is 1. The van der Waals surface area contributed by atoms with E-state index in [9.17, 15) is 8.42 Å². The van der Waals surface area contributed by atoms with Gasteiger partial charge in [0.25, 0.3) is 0 Å². The van der Waals surface area contributed by atoms with Gasteiger partial charge in [0.05, 0.1) is 5.69 Å². The van der Waals surface area contributed by atoms with Gasteiger partial charge in [-0.25, -0.2) is 13.1 Å². The van der Waals surface area contributed by atoms with E-state index in [1.54, 1.807) is 20.0 Å². The number of aromatic nitrogens is 1. The Morgan fingerprint density at radius 1 is 1.53 bits per heavy atom. The van der Waals surface area contributed by atoms with Gasteiger partial charge in [0.15, 0.2) is 5.76 Å². The van der Waals surface area contributed by atoms with E-state index < -0.39 is 10.0 Å². The highest BCUT2D eigenvalue weighted by Gasteiger charge is 2.15. The molecule has 6 nitrogen and oxygen atoms in total. The molecule has 1 aromatic heterocycles. The molecule has 0 spiro atoms. The van der Waals surface area contributed by atoms with E-state index in [2.05, 4.69) is 15.2 Å². The van der Waals surface area contributed by atoms with Gasteiger partial charge < -0.3 is 9.84 Å². The predicted molar refractivity (Wildman–Crippen MR) is 67.6 cm³/mol. The number of sulfonamides is 1. The van der Waals surface area contributed by atoms with Crippen molar-refractivity contribution in [3.05, 3.63) is 17.5 Å². The summed E-state index contributed by atoms with van der Waals surface area (Å²) >= 11 is 0. The van der Waals surface area contributed by atoms with Crippen molar-refractivity contribution in [3.63, 3.8) is 0 Å². The topological polar surface area (TPSA) is 84.2 Å². The maximum Gasteiger partial charge on any atom is 0.219 e. The number of aryl methyl sites for hydroxylation is 1. The molecular formula is C9H18ClN3O3S. The smallest absolute Gasteiger partial charge is 0.219 e. The fraction of sp³-hybridized carbons (Fsp3) is 0.667. The number of halogens is 1. The molecule has 1 aromatic rings. The minimum atomic E-state index is -3.35. The van der Waals surface area contributed by atoms with Crippen LogP contribution >= 0.6 is 12.4 Å². The minimum absolute atomic E-state index is 0. The van der Waals surface area contributed by atoms with Crippen molar-refractivity contribution in [2.24, 2.45) is 0 Å². The fourth-order valence-electron chi connectivity index (χ4n) is 1.08. The molecule has 0 aromatic carbocycles. The largest absolute Gasteiger partial charge is 0.360 e. The molecule has 0 aliphatic carbocycles. The number of hydrogen-bond acceptors (Lipinski definition) is 5. The Kier molecular flexibility index (Phi) is 6.69. The van der Waals surface area contributed by atoms with Crippen LogP contribution in [0.1, 0.15) is 18.4 Å². The number of hydrogen-bond donors (Lipinski definition) is 2. The first-order chi connectivity index (χ1) is 7.43. The summed E-state index contributed by atoms with van der Waals surface area (Å²) in [6, 6.07) is 1.70. The number of likely N-dealkylation sites (N-methyl/N-ethyl adjacent to an activating group) is 1. The summed E-state index contributed by atoms with van der Waals surface area (Å²) in [4.78, 5) is 0. The molecule has 0 aliphatic heterocycles. The molecule has 100 valence electrons. The van der Waals surface area contributed by atoms with Crippen molar-refractivity contribution >= 4 is 22.4 Å². The molecule has 1 heterocycles. The molecule has 1 unspecified atom stereocenters. The van der Waals surface area contributed by atoms with Crippen molar-refractivity contribution in [2.75, 3.05) is 13.6 Å². The quantitative estimate of drug-likeness (QED) is 0.791. The zero-order valence-corrected chi connectivity index (χ0v) is 11.7. The summed E-state index contributed by atoms with van der Waals surface area (Å²) in [5.74, 6) is 0.173. The molecule has 1 rings (SSSR count). The average Bonchev–Trinajstić information content (AvgIpc) is 2.59. The Balaban J connectivity index is 0.00000256. The first-order valence-corrected chi connectivity index (χ1v) is 6.65. The summed E-state index contributed by atoms with van der Waals surface area (Å²) < 4.78 is 30.5. The third kappa shape index (κ3) is 6.02. The van der Waals surface area contributed by atoms with Gasteiger partial charge in [0.2, 0.25) is 10.0 Å². The summed E-state index contributed by atoms with van der Waals surface area (Å²) in [6.45, 7) is 3.99. The molecule has 0 radical (unpaired) electrons. The van der Waals surface area contributed by atoms with E-state index in [0.717, 1.165) is 0 Å². The van der Waals surface area contributed by atoms with Crippen LogP contribution in [0, 0.1) is 6.92 Å². The van der Waals surface area contributed by atoms with Crippen LogP contribution in [-0.4, -0.2) is 33.2 Å². The van der Waals surface area contributed by atoms with Crippen molar-refractivity contribution in [2.45, 2.75) is 25.6 Å². The van der Waals surface area contributed by atoms with Gasteiger partial charge in [0, 0.05) is 18.7 Å². The van der Waals surface area contributed by atoms with Gasteiger partial charge in [-0.15, -0.1) is 12.4 Å². The molecule has 0 saturated carbocycles. The normalized spacial score (nSPS) is 13.1. The SMILES string of the molecule is CNC(C)CNS(=O)(=O)Cc1cc(C)no1.Cl. The van der Waals surface area contributed by atoms with E-state index in [4.69, 9.17) is 4.52 Å². The summed E-state index contributed by atoms with van der Waals surface area (Å²) in [7, 11) is -1.57. The van der Waals surface area contributed by atoms with Crippen LogP contribution in [0.25, 0.3) is 0 Å². The molecule has 0 bridgehead atoms. The first-order valence-electron chi connectivity index (χ1n) is 5.00. The van der Waals surface area contributed by atoms with Gasteiger partial charge in [-0.3, -0.25) is 0 Å². The van der Waals surface area contributed by atoms with Crippen LogP contribution in [0.2, 0.25) is 0 Å². The molecule has 8 heteroatoms. The van der Waals surface area contributed by atoms with Crippen LogP contribution in [0.3, 0.4) is 0 Å². The van der Waals surface area contributed by atoms with Crippen molar-refractivity contribution < 1.29 is 12.9 Å². The Bertz CT molecular complexity index is 432. The third-order valence-electron chi connectivity index (χ3n) is 2.11. The van der Waals surface area contributed by atoms with E-state index in [-0.39, 0.29) is 24.2 Å². The van der Waals surface area contributed by atoms with Gasteiger partial charge >= 0.3 is 0 Å². The molecule has 17 heavy (non-hydrogen) atoms. The fourth-order valence-corrected chi connectivity index (χ4v) is 2.19. The third-order valence-corrected chi connectivity index (χ3v) is 3.38. The van der Waals surface area contributed by atoms with Crippen LogP contribution in [0.5, 0.6) is 0 Å². The lowest BCUT2D eigenvalue weighted by Crippen LogP contribution is -2.37. The maximum absolute atomic E-state index is 11.6. The van der Waals surface area contributed by atoms with Gasteiger partial charge in [0.1, 0.15) is 5.75 Å². The van der Waals surface area contributed by atoms with Crippen LogP contribution in [0.15, 0.2) is 10.6 Å². The van der Waals surface area contributed by atoms with E-state index in [0.29, 0.717) is 18.0 Å². The Labute approximate surface area is 108 Å². The molecular weight excluding hydrogens is 266 g/mol. The lowest BCUT2D eigenvalue weighted by Gasteiger charge is -2.10. The van der Waals surface area contributed by atoms with E-state index in [1.165, 1.54) is 0 Å². The predicted octanol–water partition coefficient (Wildman–Crippen LogP) is 0.432. The maximum atomic E-state index is 11.6. The highest BCUT2D eigenvalue weighted by atomic mass is 35.5. The van der Waals surface area contributed by atoms with Crippen molar-refractivity contribution in [1.29, 1.82) is 0 Å².